The summed E-state index contributed by atoms with van der Waals surface area (Å²) in [5.74, 6) is 1.44. The summed E-state index contributed by atoms with van der Waals surface area (Å²) in [5, 5.41) is 1.10. The maximum absolute atomic E-state index is 11.3. The van der Waals surface area contributed by atoms with E-state index < -0.39 is 0 Å². The summed E-state index contributed by atoms with van der Waals surface area (Å²) in [6.45, 7) is -0.0701. The number of aryl methyl sites for hydroxylation is 2. The molecule has 1 N–H and O–H groups in total. The minimum absolute atomic E-state index is 0.0701. The van der Waals surface area contributed by atoms with E-state index in [0.29, 0.717) is 5.75 Å². The van der Waals surface area contributed by atoms with Gasteiger partial charge in [-0.3, -0.25) is 9.63 Å². The van der Waals surface area contributed by atoms with E-state index in [9.17, 15) is 4.79 Å². The molecule has 0 radical (unpaired) electrons. The highest BCUT2D eigenvalue weighted by Crippen LogP contribution is 2.33. The molecule has 2 aromatic rings. The van der Waals surface area contributed by atoms with Crippen LogP contribution >= 0.6 is 0 Å². The Morgan fingerprint density at radius 2 is 2.20 bits per heavy atom. The Morgan fingerprint density at radius 3 is 3.05 bits per heavy atom. The average Bonchev–Trinajstić information content (AvgIpc) is 2.83. The van der Waals surface area contributed by atoms with E-state index in [1.165, 1.54) is 25.5 Å². The second kappa shape index (κ2) is 5.54. The molecule has 5 heteroatoms. The fraction of sp³-hybridized carbons (Fsp3) is 0.400. The first kappa shape index (κ1) is 13.0. The summed E-state index contributed by atoms with van der Waals surface area (Å²) < 4.78 is 11.3. The lowest BCUT2D eigenvalue weighted by Crippen LogP contribution is -2.27. The number of nitrogens with one attached hydrogen (secondary N) is 1. The first-order chi connectivity index (χ1) is 9.78. The molecule has 5 nitrogen and oxygen atoms in total. The smallest absolute Gasteiger partial charge is 0.281 e. The fourth-order valence-electron chi connectivity index (χ4n) is 2.62. The molecule has 0 saturated heterocycles. The Labute approximate surface area is 116 Å². The summed E-state index contributed by atoms with van der Waals surface area (Å²) in [6.07, 6.45) is 4.45. The standard InChI is InChI=1S/C15H17NO4/c1-18-16-15(17)9-19-10-6-7-14-12(8-10)11-4-2-3-5-13(11)20-14/h6-8H,2-5,9H2,1H3,(H,16,17). The maximum atomic E-state index is 11.3. The van der Waals surface area contributed by atoms with Crippen LogP contribution < -0.4 is 10.2 Å². The number of hydrogen-bond acceptors (Lipinski definition) is 4. The van der Waals surface area contributed by atoms with Gasteiger partial charge in [0.2, 0.25) is 0 Å². The molecule has 0 aliphatic heterocycles. The Balaban J connectivity index is 1.81. The Kier molecular flexibility index (Phi) is 3.60. The molecular formula is C15H17NO4. The SMILES string of the molecule is CONC(=O)COc1ccc2oc3c(c2c1)CCCC3. The summed E-state index contributed by atoms with van der Waals surface area (Å²) in [7, 11) is 1.39. The summed E-state index contributed by atoms with van der Waals surface area (Å²) in [4.78, 5) is 15.8. The number of benzene rings is 1. The van der Waals surface area contributed by atoms with Crippen molar-refractivity contribution >= 4 is 16.9 Å². The number of hydroxylamine groups is 1. The zero-order valence-corrected chi connectivity index (χ0v) is 11.4. The van der Waals surface area contributed by atoms with E-state index in [4.69, 9.17) is 9.15 Å². The third-order valence-electron chi connectivity index (χ3n) is 3.51. The van der Waals surface area contributed by atoms with Gasteiger partial charge in [-0.05, 0) is 37.5 Å². The lowest BCUT2D eigenvalue weighted by Gasteiger charge is -2.09. The number of carbonyl (C=O) groups excluding carboxylic acids is 1. The van der Waals surface area contributed by atoms with Gasteiger partial charge in [-0.15, -0.1) is 0 Å². The van der Waals surface area contributed by atoms with Gasteiger partial charge in [-0.2, -0.15) is 0 Å². The number of rotatable bonds is 4. The molecule has 0 unspecified atom stereocenters. The van der Waals surface area contributed by atoms with Crippen LogP contribution in [0.2, 0.25) is 0 Å². The number of furan rings is 1. The van der Waals surface area contributed by atoms with Gasteiger partial charge in [0.15, 0.2) is 6.61 Å². The molecule has 0 saturated carbocycles. The van der Waals surface area contributed by atoms with Gasteiger partial charge in [0, 0.05) is 17.4 Å². The normalized spacial score (nSPS) is 14.1. The lowest BCUT2D eigenvalue weighted by atomic mass is 9.96. The minimum atomic E-state index is -0.318. The second-order valence-electron chi connectivity index (χ2n) is 4.89. The van der Waals surface area contributed by atoms with Gasteiger partial charge in [0.25, 0.3) is 5.91 Å². The van der Waals surface area contributed by atoms with Gasteiger partial charge in [-0.25, -0.2) is 5.48 Å². The van der Waals surface area contributed by atoms with E-state index in [1.807, 2.05) is 18.2 Å². The highest BCUT2D eigenvalue weighted by molar-refractivity contribution is 5.84. The maximum Gasteiger partial charge on any atom is 0.281 e. The van der Waals surface area contributed by atoms with Crippen molar-refractivity contribution in [2.24, 2.45) is 0 Å². The van der Waals surface area contributed by atoms with Crippen LogP contribution in [0.4, 0.5) is 0 Å². The molecule has 106 valence electrons. The molecule has 0 bridgehead atoms. The van der Waals surface area contributed by atoms with Gasteiger partial charge >= 0.3 is 0 Å². The molecule has 1 aromatic carbocycles. The molecular weight excluding hydrogens is 258 g/mol. The molecule has 0 spiro atoms. The fourth-order valence-corrected chi connectivity index (χ4v) is 2.62. The van der Waals surface area contributed by atoms with E-state index in [0.717, 1.165) is 29.6 Å². The molecule has 1 heterocycles. The predicted octanol–water partition coefficient (Wildman–Crippen LogP) is 2.37. The predicted molar refractivity (Wildman–Crippen MR) is 73.5 cm³/mol. The van der Waals surface area contributed by atoms with Gasteiger partial charge in [0.05, 0.1) is 7.11 Å². The average molecular weight is 275 g/mol. The Morgan fingerprint density at radius 1 is 1.35 bits per heavy atom. The van der Waals surface area contributed by atoms with Crippen molar-refractivity contribution < 1.29 is 18.8 Å². The number of ether oxygens (including phenoxy) is 1. The highest BCUT2D eigenvalue weighted by atomic mass is 16.6. The van der Waals surface area contributed by atoms with Crippen LogP contribution in [-0.2, 0) is 22.5 Å². The minimum Gasteiger partial charge on any atom is -0.484 e. The molecule has 0 fully saturated rings. The molecule has 1 amide bonds. The van der Waals surface area contributed by atoms with E-state index in [2.05, 4.69) is 10.3 Å². The first-order valence-corrected chi connectivity index (χ1v) is 6.77. The van der Waals surface area contributed by atoms with Gasteiger partial charge in [-0.1, -0.05) is 0 Å². The Hall–Kier alpha value is -2.01. The topological polar surface area (TPSA) is 60.7 Å². The monoisotopic (exact) mass is 275 g/mol. The van der Waals surface area contributed by atoms with Crippen LogP contribution in [0.3, 0.4) is 0 Å². The van der Waals surface area contributed by atoms with E-state index in [1.54, 1.807) is 0 Å². The van der Waals surface area contributed by atoms with Crippen LogP contribution in [0.15, 0.2) is 22.6 Å². The van der Waals surface area contributed by atoms with Crippen molar-refractivity contribution in [2.75, 3.05) is 13.7 Å². The number of fused-ring (bicyclic) bond motifs is 3. The van der Waals surface area contributed by atoms with Gasteiger partial charge < -0.3 is 9.15 Å². The highest BCUT2D eigenvalue weighted by Gasteiger charge is 2.18. The van der Waals surface area contributed by atoms with Crippen molar-refractivity contribution in [1.82, 2.24) is 5.48 Å². The summed E-state index contributed by atoms with van der Waals surface area (Å²) in [6, 6.07) is 5.66. The molecule has 0 atom stereocenters. The third kappa shape index (κ3) is 2.49. The van der Waals surface area contributed by atoms with Crippen LogP contribution in [-0.4, -0.2) is 19.6 Å². The number of amides is 1. The van der Waals surface area contributed by atoms with Crippen molar-refractivity contribution in [3.63, 3.8) is 0 Å². The number of carbonyl (C=O) groups is 1. The zero-order chi connectivity index (χ0) is 13.9. The van der Waals surface area contributed by atoms with Crippen LogP contribution in [0.5, 0.6) is 5.75 Å². The largest absolute Gasteiger partial charge is 0.484 e. The van der Waals surface area contributed by atoms with E-state index in [-0.39, 0.29) is 12.5 Å². The van der Waals surface area contributed by atoms with Crippen molar-refractivity contribution in [3.8, 4) is 5.75 Å². The van der Waals surface area contributed by atoms with Crippen molar-refractivity contribution in [1.29, 1.82) is 0 Å². The molecule has 1 aliphatic rings. The van der Waals surface area contributed by atoms with Crippen LogP contribution in [0, 0.1) is 0 Å². The molecule has 20 heavy (non-hydrogen) atoms. The Bertz CT molecular complexity index is 632. The molecule has 1 aromatic heterocycles. The zero-order valence-electron chi connectivity index (χ0n) is 11.4. The second-order valence-corrected chi connectivity index (χ2v) is 4.89. The summed E-state index contributed by atoms with van der Waals surface area (Å²) in [5.41, 5.74) is 4.40. The third-order valence-corrected chi connectivity index (χ3v) is 3.51. The van der Waals surface area contributed by atoms with Crippen LogP contribution in [0.25, 0.3) is 11.0 Å². The first-order valence-electron chi connectivity index (χ1n) is 6.77. The molecule has 1 aliphatic carbocycles. The van der Waals surface area contributed by atoms with Crippen molar-refractivity contribution in [2.45, 2.75) is 25.7 Å². The van der Waals surface area contributed by atoms with E-state index >= 15 is 0 Å². The summed E-state index contributed by atoms with van der Waals surface area (Å²) >= 11 is 0. The lowest BCUT2D eigenvalue weighted by molar-refractivity contribution is -0.133. The van der Waals surface area contributed by atoms with Gasteiger partial charge in [0.1, 0.15) is 17.1 Å². The number of hydrogen-bond donors (Lipinski definition) is 1. The molecule has 3 rings (SSSR count). The van der Waals surface area contributed by atoms with Crippen LogP contribution in [0.1, 0.15) is 24.2 Å². The quantitative estimate of drug-likeness (QED) is 0.870. The van der Waals surface area contributed by atoms with Crippen molar-refractivity contribution in [3.05, 3.63) is 29.5 Å².